The fraction of sp³-hybridized carbons (Fsp3) is 0.250. The van der Waals surface area contributed by atoms with Gasteiger partial charge in [-0.3, -0.25) is 9.88 Å². The van der Waals surface area contributed by atoms with E-state index in [-0.39, 0.29) is 5.75 Å². The van der Waals surface area contributed by atoms with Crippen LogP contribution in [0.3, 0.4) is 0 Å². The molecule has 3 heterocycles. The first-order valence-corrected chi connectivity index (χ1v) is 10.4. The summed E-state index contributed by atoms with van der Waals surface area (Å²) < 4.78 is 0. The number of hydrogen-bond donors (Lipinski definition) is 1. The van der Waals surface area contributed by atoms with Crippen LogP contribution in [0.2, 0.25) is 0 Å². The zero-order valence-electron chi connectivity index (χ0n) is 17.1. The monoisotopic (exact) mass is 410 g/mol. The Morgan fingerprint density at radius 1 is 1.03 bits per heavy atom. The van der Waals surface area contributed by atoms with Gasteiger partial charge in [0.15, 0.2) is 0 Å². The summed E-state index contributed by atoms with van der Waals surface area (Å²) in [5.41, 5.74) is 4.82. The van der Waals surface area contributed by atoms with Gasteiger partial charge in [-0.25, -0.2) is 0 Å². The van der Waals surface area contributed by atoms with E-state index >= 15 is 0 Å². The number of rotatable bonds is 5. The number of benzene rings is 2. The molecule has 0 unspecified atom stereocenters. The van der Waals surface area contributed by atoms with Crippen molar-refractivity contribution < 1.29 is 5.11 Å². The van der Waals surface area contributed by atoms with Gasteiger partial charge < -0.3 is 5.11 Å². The first-order chi connectivity index (χ1) is 15.2. The Bertz CT molecular complexity index is 1270. The highest BCUT2D eigenvalue weighted by Crippen LogP contribution is 2.32. The van der Waals surface area contributed by atoms with E-state index in [2.05, 4.69) is 32.2 Å². The van der Waals surface area contributed by atoms with Crippen LogP contribution in [0.4, 0.5) is 0 Å². The molecule has 7 heteroatoms. The van der Waals surface area contributed by atoms with Gasteiger partial charge in [-0.05, 0) is 55.8 Å². The van der Waals surface area contributed by atoms with Gasteiger partial charge in [0, 0.05) is 29.3 Å². The second-order valence-corrected chi connectivity index (χ2v) is 7.88. The Kier molecular flexibility index (Phi) is 5.06. The van der Waals surface area contributed by atoms with E-state index in [0.29, 0.717) is 24.2 Å². The topological polar surface area (TPSA) is 90.9 Å². The lowest BCUT2D eigenvalue weighted by Gasteiger charge is -2.18. The van der Waals surface area contributed by atoms with Crippen molar-refractivity contribution in [3.63, 3.8) is 0 Å². The fourth-order valence-electron chi connectivity index (χ4n) is 4.17. The number of aromatic nitrogens is 4. The number of aromatic hydroxyl groups is 1. The van der Waals surface area contributed by atoms with Crippen LogP contribution in [0, 0.1) is 11.3 Å². The summed E-state index contributed by atoms with van der Waals surface area (Å²) >= 11 is 0. The maximum atomic E-state index is 10.8. The van der Waals surface area contributed by atoms with Crippen LogP contribution in [0.1, 0.15) is 29.5 Å². The molecule has 0 atom stereocenters. The summed E-state index contributed by atoms with van der Waals surface area (Å²) in [5.74, 6) is 0.262. The largest absolute Gasteiger partial charge is 0.505 e. The summed E-state index contributed by atoms with van der Waals surface area (Å²) in [6.45, 7) is 3.31. The quantitative estimate of drug-likeness (QED) is 0.539. The van der Waals surface area contributed by atoms with Gasteiger partial charge in [0.2, 0.25) is 0 Å². The van der Waals surface area contributed by atoms with Crippen molar-refractivity contribution >= 4 is 10.9 Å². The predicted octanol–water partition coefficient (Wildman–Crippen LogP) is 3.71. The van der Waals surface area contributed by atoms with Crippen LogP contribution in [-0.2, 0) is 13.1 Å². The van der Waals surface area contributed by atoms with E-state index in [1.807, 2.05) is 24.3 Å². The smallest absolute Gasteiger partial charge is 0.146 e. The highest BCUT2D eigenvalue weighted by Gasteiger charge is 2.18. The van der Waals surface area contributed by atoms with Gasteiger partial charge in [-0.15, -0.1) is 0 Å². The van der Waals surface area contributed by atoms with Crippen LogP contribution in [0.15, 0.2) is 54.9 Å². The van der Waals surface area contributed by atoms with Gasteiger partial charge >= 0.3 is 0 Å². The number of phenolic OH excluding ortho intramolecular Hbond substituents is 1. The molecule has 1 saturated heterocycles. The van der Waals surface area contributed by atoms with Crippen LogP contribution >= 0.6 is 0 Å². The molecule has 4 aromatic rings. The second-order valence-electron chi connectivity index (χ2n) is 7.88. The molecule has 2 aromatic carbocycles. The Morgan fingerprint density at radius 3 is 2.61 bits per heavy atom. The average molecular weight is 410 g/mol. The minimum absolute atomic E-state index is 0.262. The number of fused-ring (bicyclic) bond motifs is 1. The molecule has 154 valence electrons. The van der Waals surface area contributed by atoms with E-state index in [1.54, 1.807) is 29.3 Å². The molecule has 7 nitrogen and oxygen atoms in total. The molecule has 0 amide bonds. The lowest BCUT2D eigenvalue weighted by atomic mass is 10.0. The molecule has 0 radical (unpaired) electrons. The molecule has 0 spiro atoms. The van der Waals surface area contributed by atoms with Crippen molar-refractivity contribution in [3.05, 3.63) is 71.5 Å². The summed E-state index contributed by atoms with van der Waals surface area (Å²) in [6.07, 6.45) is 5.84. The van der Waals surface area contributed by atoms with Crippen molar-refractivity contribution in [1.29, 1.82) is 5.26 Å². The lowest BCUT2D eigenvalue weighted by Crippen LogP contribution is -2.18. The van der Waals surface area contributed by atoms with Crippen molar-refractivity contribution in [1.82, 2.24) is 24.9 Å². The molecule has 1 fully saturated rings. The number of phenols is 1. The molecule has 0 aliphatic carbocycles. The molecule has 5 rings (SSSR count). The third-order valence-corrected chi connectivity index (χ3v) is 5.78. The maximum Gasteiger partial charge on any atom is 0.146 e. The van der Waals surface area contributed by atoms with Crippen molar-refractivity contribution in [2.24, 2.45) is 0 Å². The first kappa shape index (κ1) is 19.2. The van der Waals surface area contributed by atoms with E-state index in [0.717, 1.165) is 40.9 Å². The third kappa shape index (κ3) is 3.86. The molecule has 1 aliphatic rings. The molecule has 31 heavy (non-hydrogen) atoms. The molecule has 0 bridgehead atoms. The summed E-state index contributed by atoms with van der Waals surface area (Å²) in [7, 11) is 0. The lowest BCUT2D eigenvalue weighted by molar-refractivity contribution is 0.324. The van der Waals surface area contributed by atoms with Crippen LogP contribution in [0.5, 0.6) is 5.75 Å². The summed E-state index contributed by atoms with van der Waals surface area (Å²) in [5, 5.41) is 29.8. The fourth-order valence-corrected chi connectivity index (χ4v) is 4.17. The summed E-state index contributed by atoms with van der Waals surface area (Å²) in [6, 6.07) is 15.3. The van der Waals surface area contributed by atoms with Crippen molar-refractivity contribution in [2.45, 2.75) is 25.9 Å². The van der Waals surface area contributed by atoms with Crippen LogP contribution in [-0.4, -0.2) is 43.1 Å². The summed E-state index contributed by atoms with van der Waals surface area (Å²) in [4.78, 5) is 8.47. The highest BCUT2D eigenvalue weighted by atomic mass is 16.3. The van der Waals surface area contributed by atoms with Crippen molar-refractivity contribution in [3.8, 4) is 23.1 Å². The van der Waals surface area contributed by atoms with Gasteiger partial charge in [0.05, 0.1) is 24.4 Å². The van der Waals surface area contributed by atoms with E-state index < -0.39 is 0 Å². The van der Waals surface area contributed by atoms with Crippen LogP contribution < -0.4 is 0 Å². The average Bonchev–Trinajstić information content (AvgIpc) is 3.49. The molecule has 1 aliphatic heterocycles. The number of likely N-dealkylation sites (tertiary alicyclic amines) is 1. The van der Waals surface area contributed by atoms with Gasteiger partial charge in [0.1, 0.15) is 17.0 Å². The van der Waals surface area contributed by atoms with E-state index in [9.17, 15) is 5.11 Å². The Labute approximate surface area is 180 Å². The molecular formula is C24H22N6O. The standard InChI is InChI=1S/C24H22N6O/c25-13-17-5-7-18(8-6-17)22-14-27-30(28-22)16-19-12-20(15-29-10-1-2-11-29)24(31)23-21(19)4-3-9-26-23/h3-9,12,14,31H,1-2,10-11,15-16H2. The Morgan fingerprint density at radius 2 is 1.84 bits per heavy atom. The molecule has 2 aromatic heterocycles. The molecule has 1 N–H and O–H groups in total. The molecular weight excluding hydrogens is 388 g/mol. The number of nitrogens with zero attached hydrogens (tertiary/aromatic N) is 6. The van der Waals surface area contributed by atoms with Crippen molar-refractivity contribution in [2.75, 3.05) is 13.1 Å². The Balaban J connectivity index is 1.47. The predicted molar refractivity (Wildman–Crippen MR) is 117 cm³/mol. The Hall–Kier alpha value is -3.76. The van der Waals surface area contributed by atoms with Gasteiger partial charge in [0.25, 0.3) is 0 Å². The SMILES string of the molecule is N#Cc1ccc(-c2cnn(Cc3cc(CN4CCCC4)c(O)c4ncccc34)n2)cc1. The van der Waals surface area contributed by atoms with Gasteiger partial charge in [-0.1, -0.05) is 18.2 Å². The van der Waals surface area contributed by atoms with Gasteiger partial charge in [-0.2, -0.15) is 20.3 Å². The third-order valence-electron chi connectivity index (χ3n) is 5.78. The van der Waals surface area contributed by atoms with Crippen LogP contribution in [0.25, 0.3) is 22.2 Å². The second kappa shape index (κ2) is 8.17. The normalized spacial score (nSPS) is 14.2. The number of hydrogen-bond acceptors (Lipinski definition) is 6. The zero-order valence-corrected chi connectivity index (χ0v) is 17.1. The first-order valence-electron chi connectivity index (χ1n) is 10.4. The van der Waals surface area contributed by atoms with E-state index in [1.165, 1.54) is 12.8 Å². The molecule has 0 saturated carbocycles. The maximum absolute atomic E-state index is 10.8. The minimum Gasteiger partial charge on any atom is -0.505 e. The number of nitriles is 1. The highest BCUT2D eigenvalue weighted by molar-refractivity contribution is 5.88. The van der Waals surface area contributed by atoms with E-state index in [4.69, 9.17) is 5.26 Å². The zero-order chi connectivity index (χ0) is 21.2. The number of pyridine rings is 1. The minimum atomic E-state index is 0.262.